The van der Waals surface area contributed by atoms with Gasteiger partial charge in [0.25, 0.3) is 0 Å². The summed E-state index contributed by atoms with van der Waals surface area (Å²) in [4.78, 5) is 0. The van der Waals surface area contributed by atoms with E-state index in [4.69, 9.17) is 4.74 Å². The molecule has 16 heavy (non-hydrogen) atoms. The summed E-state index contributed by atoms with van der Waals surface area (Å²) in [6.45, 7) is 7.21. The number of likely N-dealkylation sites (N-methyl/N-ethyl adjacent to an activating group) is 1. The predicted molar refractivity (Wildman–Crippen MR) is 63.9 cm³/mol. The van der Waals surface area contributed by atoms with Crippen molar-refractivity contribution in [3.05, 3.63) is 0 Å². The van der Waals surface area contributed by atoms with Gasteiger partial charge in [-0.15, -0.1) is 0 Å². The van der Waals surface area contributed by atoms with Crippen molar-refractivity contribution in [2.24, 2.45) is 0 Å². The maximum absolute atomic E-state index is 12.3. The number of sulfonamides is 1. The highest BCUT2D eigenvalue weighted by Crippen LogP contribution is 2.23. The highest BCUT2D eigenvalue weighted by molar-refractivity contribution is 7.90. The van der Waals surface area contributed by atoms with E-state index in [0.29, 0.717) is 26.3 Å². The van der Waals surface area contributed by atoms with Crippen LogP contribution in [-0.4, -0.2) is 56.9 Å². The average Bonchev–Trinajstić information content (AvgIpc) is 2.17. The van der Waals surface area contributed by atoms with Crippen molar-refractivity contribution in [3.63, 3.8) is 0 Å². The number of hydrogen-bond donors (Lipinski definition) is 1. The lowest BCUT2D eigenvalue weighted by Gasteiger charge is -2.38. The third-order valence-corrected chi connectivity index (χ3v) is 5.34. The average molecular weight is 250 g/mol. The molecule has 6 heteroatoms. The van der Waals surface area contributed by atoms with Crippen LogP contribution in [0.25, 0.3) is 0 Å². The van der Waals surface area contributed by atoms with Gasteiger partial charge in [0, 0.05) is 13.1 Å². The molecule has 0 aromatic heterocycles. The van der Waals surface area contributed by atoms with Gasteiger partial charge in [0.05, 0.1) is 24.0 Å². The first-order valence-corrected chi connectivity index (χ1v) is 6.98. The fraction of sp³-hybridized carbons (Fsp3) is 1.00. The molecule has 5 nitrogen and oxygen atoms in total. The van der Waals surface area contributed by atoms with E-state index in [1.54, 1.807) is 25.1 Å². The molecule has 1 N–H and O–H groups in total. The van der Waals surface area contributed by atoms with Crippen LogP contribution in [0.4, 0.5) is 0 Å². The van der Waals surface area contributed by atoms with Gasteiger partial charge in [-0.1, -0.05) is 0 Å². The molecule has 1 heterocycles. The molecule has 0 radical (unpaired) electrons. The van der Waals surface area contributed by atoms with Gasteiger partial charge >= 0.3 is 0 Å². The molecule has 0 bridgehead atoms. The Morgan fingerprint density at radius 3 is 2.56 bits per heavy atom. The normalized spacial score (nSPS) is 24.6. The Bertz CT molecular complexity index is 319. The molecule has 0 aliphatic carbocycles. The van der Waals surface area contributed by atoms with Gasteiger partial charge in [-0.2, -0.15) is 4.31 Å². The van der Waals surface area contributed by atoms with Crippen molar-refractivity contribution in [1.29, 1.82) is 0 Å². The van der Waals surface area contributed by atoms with Gasteiger partial charge in [-0.3, -0.25) is 0 Å². The summed E-state index contributed by atoms with van der Waals surface area (Å²) in [7, 11) is -1.44. The van der Waals surface area contributed by atoms with Gasteiger partial charge in [0.2, 0.25) is 10.0 Å². The van der Waals surface area contributed by atoms with E-state index in [0.717, 1.165) is 0 Å². The molecule has 1 fully saturated rings. The zero-order valence-electron chi connectivity index (χ0n) is 10.5. The maximum atomic E-state index is 12.3. The lowest BCUT2D eigenvalue weighted by atomic mass is 10.3. The second-order valence-electron chi connectivity index (χ2n) is 5.01. The lowest BCUT2D eigenvalue weighted by molar-refractivity contribution is 0.0326. The van der Waals surface area contributed by atoms with Crippen LogP contribution in [-0.2, 0) is 14.8 Å². The van der Waals surface area contributed by atoms with Crippen LogP contribution in [0.15, 0.2) is 0 Å². The smallest absolute Gasteiger partial charge is 0.219 e. The summed E-state index contributed by atoms with van der Waals surface area (Å²) in [5, 5.41) is 3.00. The number of ether oxygens (including phenoxy) is 1. The largest absolute Gasteiger partial charge is 0.378 e. The van der Waals surface area contributed by atoms with Gasteiger partial charge in [-0.05, 0) is 27.8 Å². The van der Waals surface area contributed by atoms with Crippen LogP contribution in [0.3, 0.4) is 0 Å². The molecule has 1 aliphatic heterocycles. The van der Waals surface area contributed by atoms with E-state index in [-0.39, 0.29) is 6.04 Å². The fourth-order valence-electron chi connectivity index (χ4n) is 1.70. The molecule has 0 saturated carbocycles. The third-order valence-electron chi connectivity index (χ3n) is 2.70. The first kappa shape index (κ1) is 13.9. The number of nitrogens with one attached hydrogen (secondary N) is 1. The maximum Gasteiger partial charge on any atom is 0.219 e. The van der Waals surface area contributed by atoms with Crippen LogP contribution in [0.1, 0.15) is 20.8 Å². The van der Waals surface area contributed by atoms with Gasteiger partial charge in [-0.25, -0.2) is 8.42 Å². The standard InChI is InChI=1S/C10H22N2O3S/c1-10(2,3)16(13,14)12-5-6-15-8-9(12)7-11-4/h9,11H,5-8H2,1-4H3. The lowest BCUT2D eigenvalue weighted by Crippen LogP contribution is -2.56. The van der Waals surface area contributed by atoms with Crippen LogP contribution in [0.5, 0.6) is 0 Å². The minimum Gasteiger partial charge on any atom is -0.378 e. The Balaban J connectivity index is 2.91. The highest BCUT2D eigenvalue weighted by Gasteiger charge is 2.40. The zero-order valence-corrected chi connectivity index (χ0v) is 11.3. The predicted octanol–water partition coefficient (Wildman–Crippen LogP) is 0.0349. The summed E-state index contributed by atoms with van der Waals surface area (Å²) in [6, 6.07) is -0.0945. The van der Waals surface area contributed by atoms with Crippen molar-refractivity contribution < 1.29 is 13.2 Å². The molecule has 0 aromatic carbocycles. The molecule has 1 rings (SSSR count). The van der Waals surface area contributed by atoms with Gasteiger partial charge in [0.1, 0.15) is 0 Å². The van der Waals surface area contributed by atoms with Crippen molar-refractivity contribution in [3.8, 4) is 0 Å². The van der Waals surface area contributed by atoms with Gasteiger partial charge in [0.15, 0.2) is 0 Å². The van der Waals surface area contributed by atoms with Crippen LogP contribution < -0.4 is 5.32 Å². The van der Waals surface area contributed by atoms with Gasteiger partial charge < -0.3 is 10.1 Å². The van der Waals surface area contributed by atoms with Crippen LogP contribution in [0.2, 0.25) is 0 Å². The fourth-order valence-corrected chi connectivity index (χ4v) is 3.25. The van der Waals surface area contributed by atoms with Crippen molar-refractivity contribution in [2.45, 2.75) is 31.6 Å². The van der Waals surface area contributed by atoms with Crippen LogP contribution in [0, 0.1) is 0 Å². The Hall–Kier alpha value is -0.170. The first-order chi connectivity index (χ1) is 7.30. The monoisotopic (exact) mass is 250 g/mol. The minimum absolute atomic E-state index is 0.0945. The number of rotatable bonds is 3. The summed E-state index contributed by atoms with van der Waals surface area (Å²) in [6.07, 6.45) is 0. The molecule has 0 aromatic rings. The zero-order chi connectivity index (χ0) is 12.4. The second kappa shape index (κ2) is 5.00. The molecular weight excluding hydrogens is 228 g/mol. The Labute approximate surface area is 98.2 Å². The molecule has 0 amide bonds. The Morgan fingerprint density at radius 2 is 2.06 bits per heavy atom. The van der Waals surface area contributed by atoms with Crippen molar-refractivity contribution >= 4 is 10.0 Å². The summed E-state index contributed by atoms with van der Waals surface area (Å²) < 4.78 is 30.8. The highest BCUT2D eigenvalue weighted by atomic mass is 32.2. The van der Waals surface area contributed by atoms with E-state index in [9.17, 15) is 8.42 Å². The molecular formula is C10H22N2O3S. The second-order valence-corrected chi connectivity index (χ2v) is 7.66. The Morgan fingerprint density at radius 1 is 1.44 bits per heavy atom. The molecule has 1 unspecified atom stereocenters. The topological polar surface area (TPSA) is 58.6 Å². The molecule has 1 aliphatic rings. The first-order valence-electron chi connectivity index (χ1n) is 5.54. The van der Waals surface area contributed by atoms with Crippen LogP contribution >= 0.6 is 0 Å². The summed E-state index contributed by atoms with van der Waals surface area (Å²) in [5.74, 6) is 0. The van der Waals surface area contributed by atoms with E-state index >= 15 is 0 Å². The van der Waals surface area contributed by atoms with Crippen molar-refractivity contribution in [2.75, 3.05) is 33.4 Å². The molecule has 1 saturated heterocycles. The summed E-state index contributed by atoms with van der Waals surface area (Å²) in [5.41, 5.74) is 0. The van der Waals surface area contributed by atoms with E-state index in [2.05, 4.69) is 5.32 Å². The number of nitrogens with zero attached hydrogens (tertiary/aromatic N) is 1. The minimum atomic E-state index is -3.26. The number of hydrogen-bond acceptors (Lipinski definition) is 4. The van der Waals surface area contributed by atoms with Crippen molar-refractivity contribution in [1.82, 2.24) is 9.62 Å². The van der Waals surface area contributed by atoms with E-state index in [1.807, 2.05) is 7.05 Å². The molecule has 1 atom stereocenters. The molecule has 96 valence electrons. The third kappa shape index (κ3) is 2.74. The molecule has 0 spiro atoms. The number of morpholine rings is 1. The Kier molecular flexibility index (Phi) is 4.34. The van der Waals surface area contributed by atoms with E-state index < -0.39 is 14.8 Å². The summed E-state index contributed by atoms with van der Waals surface area (Å²) >= 11 is 0. The quantitative estimate of drug-likeness (QED) is 0.768. The van der Waals surface area contributed by atoms with E-state index in [1.165, 1.54) is 0 Å². The SMILES string of the molecule is CNCC1COCCN1S(=O)(=O)C(C)(C)C.